The molecule has 0 fully saturated rings. The number of fused-ring (bicyclic) bond motifs is 1. The van der Waals surface area contributed by atoms with Crippen LogP contribution >= 0.6 is 0 Å². The molecule has 80 valence electrons. The largest absolute Gasteiger partial charge is 0.389 e. The number of carbonyl (C=O) groups is 1. The molecule has 0 saturated heterocycles. The van der Waals surface area contributed by atoms with Gasteiger partial charge in [-0.1, -0.05) is 6.07 Å². The predicted octanol–water partition coefficient (Wildman–Crippen LogP) is 1.93. The maximum absolute atomic E-state index is 13.5. The Kier molecular flexibility index (Phi) is 2.23. The molecule has 2 atom stereocenters. The molecule has 1 heterocycles. The molecule has 1 amide bonds. The van der Waals surface area contributed by atoms with Crippen molar-refractivity contribution in [2.24, 2.45) is 0 Å². The van der Waals surface area contributed by atoms with Gasteiger partial charge in [0, 0.05) is 0 Å². The zero-order valence-electron chi connectivity index (χ0n) is 8.54. The maximum Gasteiger partial charge on any atom is 0.231 e. The van der Waals surface area contributed by atoms with Crippen LogP contribution in [0.4, 0.5) is 10.1 Å². The van der Waals surface area contributed by atoms with E-state index in [9.17, 15) is 14.3 Å². The van der Waals surface area contributed by atoms with Crippen LogP contribution in [-0.2, 0) is 4.79 Å². The van der Waals surface area contributed by atoms with Crippen molar-refractivity contribution in [3.8, 4) is 0 Å². The highest BCUT2D eigenvalue weighted by atomic mass is 19.1. The first-order valence-corrected chi connectivity index (χ1v) is 4.83. The molecular weight excluding hydrogens is 197 g/mol. The number of hydrogen-bond acceptors (Lipinski definition) is 2. The van der Waals surface area contributed by atoms with E-state index < -0.39 is 11.9 Å². The summed E-state index contributed by atoms with van der Waals surface area (Å²) in [6, 6.07) is 2.92. The van der Waals surface area contributed by atoms with Gasteiger partial charge in [-0.3, -0.25) is 4.79 Å². The Morgan fingerprint density at radius 1 is 1.53 bits per heavy atom. The van der Waals surface area contributed by atoms with Gasteiger partial charge in [0.15, 0.2) is 0 Å². The van der Waals surface area contributed by atoms with Crippen LogP contribution in [-0.4, -0.2) is 11.0 Å². The molecular formula is C11H12FNO2. The van der Waals surface area contributed by atoms with Crippen LogP contribution in [0, 0.1) is 5.82 Å². The van der Waals surface area contributed by atoms with Crippen molar-refractivity contribution in [2.75, 3.05) is 5.32 Å². The summed E-state index contributed by atoms with van der Waals surface area (Å²) in [5.41, 5.74) is 1.36. The molecule has 0 spiro atoms. The minimum Gasteiger partial charge on any atom is -0.389 e. The molecule has 0 saturated carbocycles. The van der Waals surface area contributed by atoms with E-state index in [1.165, 1.54) is 6.07 Å². The van der Waals surface area contributed by atoms with E-state index in [1.54, 1.807) is 19.9 Å². The average molecular weight is 209 g/mol. The van der Waals surface area contributed by atoms with Gasteiger partial charge in [-0.15, -0.1) is 0 Å². The minimum absolute atomic E-state index is 0.202. The molecule has 0 aromatic heterocycles. The number of benzene rings is 1. The number of rotatable bonds is 1. The summed E-state index contributed by atoms with van der Waals surface area (Å²) >= 11 is 0. The van der Waals surface area contributed by atoms with E-state index in [0.29, 0.717) is 11.1 Å². The molecule has 3 nitrogen and oxygen atoms in total. The topological polar surface area (TPSA) is 49.3 Å². The monoisotopic (exact) mass is 209 g/mol. The Morgan fingerprint density at radius 2 is 2.20 bits per heavy atom. The zero-order valence-corrected chi connectivity index (χ0v) is 8.54. The summed E-state index contributed by atoms with van der Waals surface area (Å²) in [7, 11) is 0. The van der Waals surface area contributed by atoms with E-state index in [1.807, 2.05) is 0 Å². The molecule has 2 N–H and O–H groups in total. The van der Waals surface area contributed by atoms with E-state index in [2.05, 4.69) is 5.32 Å². The summed E-state index contributed by atoms with van der Waals surface area (Å²) < 4.78 is 13.5. The Labute approximate surface area is 86.9 Å². The number of hydrogen-bond donors (Lipinski definition) is 2. The molecule has 15 heavy (non-hydrogen) atoms. The summed E-state index contributed by atoms with van der Waals surface area (Å²) in [4.78, 5) is 11.3. The highest BCUT2D eigenvalue weighted by Crippen LogP contribution is 2.36. The number of amides is 1. The Hall–Kier alpha value is -1.42. The second-order valence-electron chi connectivity index (χ2n) is 3.85. The molecule has 1 aliphatic rings. The van der Waals surface area contributed by atoms with Gasteiger partial charge >= 0.3 is 0 Å². The molecule has 2 unspecified atom stereocenters. The van der Waals surface area contributed by atoms with Crippen LogP contribution in [0.2, 0.25) is 0 Å². The maximum atomic E-state index is 13.5. The quantitative estimate of drug-likeness (QED) is 0.742. The number of anilines is 1. The van der Waals surface area contributed by atoms with Crippen molar-refractivity contribution < 1.29 is 14.3 Å². The van der Waals surface area contributed by atoms with Gasteiger partial charge < -0.3 is 10.4 Å². The van der Waals surface area contributed by atoms with Crippen molar-refractivity contribution >= 4 is 11.6 Å². The van der Waals surface area contributed by atoms with Crippen LogP contribution in [0.15, 0.2) is 12.1 Å². The second-order valence-corrected chi connectivity index (χ2v) is 3.85. The molecule has 4 heteroatoms. The molecule has 2 rings (SSSR count). The minimum atomic E-state index is -0.729. The molecule has 0 bridgehead atoms. The first kappa shape index (κ1) is 10.1. The van der Waals surface area contributed by atoms with Crippen LogP contribution < -0.4 is 5.32 Å². The van der Waals surface area contributed by atoms with Gasteiger partial charge in [0.1, 0.15) is 5.82 Å². The summed E-state index contributed by atoms with van der Waals surface area (Å²) in [6.45, 7) is 3.28. The Bertz CT molecular complexity index is 429. The Balaban J connectivity index is 2.57. The third-order valence-corrected chi connectivity index (χ3v) is 2.73. The van der Waals surface area contributed by atoms with Gasteiger partial charge in [0.2, 0.25) is 5.91 Å². The fourth-order valence-electron chi connectivity index (χ4n) is 1.74. The van der Waals surface area contributed by atoms with Crippen molar-refractivity contribution in [2.45, 2.75) is 25.9 Å². The number of aliphatic hydroxyl groups is 1. The first-order valence-electron chi connectivity index (χ1n) is 4.83. The van der Waals surface area contributed by atoms with Gasteiger partial charge in [0.25, 0.3) is 0 Å². The van der Waals surface area contributed by atoms with Crippen LogP contribution in [0.25, 0.3) is 0 Å². The third kappa shape index (κ3) is 1.51. The van der Waals surface area contributed by atoms with E-state index in [-0.39, 0.29) is 17.5 Å². The normalized spacial score (nSPS) is 21.1. The van der Waals surface area contributed by atoms with Gasteiger partial charge in [-0.25, -0.2) is 4.39 Å². The number of aliphatic hydroxyl groups excluding tert-OH is 1. The molecule has 1 aromatic rings. The smallest absolute Gasteiger partial charge is 0.231 e. The fraction of sp³-hybridized carbons (Fsp3) is 0.364. The lowest BCUT2D eigenvalue weighted by Gasteiger charge is -2.09. The highest BCUT2D eigenvalue weighted by molar-refractivity contribution is 6.02. The molecule has 0 radical (unpaired) electrons. The zero-order chi connectivity index (χ0) is 11.2. The molecule has 0 aliphatic carbocycles. The summed E-state index contributed by atoms with van der Waals surface area (Å²) in [6.07, 6.45) is -0.729. The van der Waals surface area contributed by atoms with Gasteiger partial charge in [-0.05, 0) is 31.0 Å². The standard InChI is InChI=1S/C11H12FNO2/c1-5-8-3-7(6(2)14)4-9(12)10(8)13-11(5)15/h3-6,14H,1-2H3,(H,13,15). The van der Waals surface area contributed by atoms with Crippen LogP contribution in [0.5, 0.6) is 0 Å². The number of halogens is 1. The highest BCUT2D eigenvalue weighted by Gasteiger charge is 2.29. The van der Waals surface area contributed by atoms with Crippen molar-refractivity contribution in [3.05, 3.63) is 29.1 Å². The van der Waals surface area contributed by atoms with Crippen molar-refractivity contribution in [3.63, 3.8) is 0 Å². The lowest BCUT2D eigenvalue weighted by molar-refractivity contribution is -0.116. The predicted molar refractivity (Wildman–Crippen MR) is 54.1 cm³/mol. The van der Waals surface area contributed by atoms with Crippen molar-refractivity contribution in [1.29, 1.82) is 0 Å². The van der Waals surface area contributed by atoms with Gasteiger partial charge in [-0.2, -0.15) is 0 Å². The molecule has 1 aromatic carbocycles. The summed E-state index contributed by atoms with van der Waals surface area (Å²) in [5.74, 6) is -1.04. The number of carbonyl (C=O) groups excluding carboxylic acids is 1. The third-order valence-electron chi connectivity index (χ3n) is 2.73. The summed E-state index contributed by atoms with van der Waals surface area (Å²) in [5, 5.41) is 11.8. The lowest BCUT2D eigenvalue weighted by atomic mass is 9.98. The van der Waals surface area contributed by atoms with E-state index >= 15 is 0 Å². The number of nitrogens with one attached hydrogen (secondary N) is 1. The van der Waals surface area contributed by atoms with E-state index in [0.717, 1.165) is 0 Å². The average Bonchev–Trinajstić information content (AvgIpc) is 2.45. The lowest BCUT2D eigenvalue weighted by Crippen LogP contribution is -2.08. The van der Waals surface area contributed by atoms with Crippen LogP contribution in [0.1, 0.15) is 37.0 Å². The fourth-order valence-corrected chi connectivity index (χ4v) is 1.74. The van der Waals surface area contributed by atoms with Crippen LogP contribution in [0.3, 0.4) is 0 Å². The van der Waals surface area contributed by atoms with Crippen molar-refractivity contribution in [1.82, 2.24) is 0 Å². The first-order chi connectivity index (χ1) is 7.00. The van der Waals surface area contributed by atoms with Gasteiger partial charge in [0.05, 0.1) is 17.7 Å². The SMILES string of the molecule is CC(O)c1cc(F)c2c(c1)C(C)C(=O)N2. The van der Waals surface area contributed by atoms with E-state index in [4.69, 9.17) is 0 Å². The Morgan fingerprint density at radius 3 is 2.80 bits per heavy atom. The molecule has 1 aliphatic heterocycles. The second kappa shape index (κ2) is 3.31.